The highest BCUT2D eigenvalue weighted by molar-refractivity contribution is 5.94. The third-order valence-electron chi connectivity index (χ3n) is 5.38. The van der Waals surface area contributed by atoms with Gasteiger partial charge in [-0.1, -0.05) is 12.1 Å². The molecule has 1 atom stereocenters. The van der Waals surface area contributed by atoms with E-state index in [4.69, 9.17) is 0 Å². The summed E-state index contributed by atoms with van der Waals surface area (Å²) in [4.78, 5) is 41.0. The quantitative estimate of drug-likeness (QED) is 0.757. The molecular weight excluding hydrogens is 380 g/mol. The summed E-state index contributed by atoms with van der Waals surface area (Å²) >= 11 is 0. The Bertz CT molecular complexity index is 944. The maximum absolute atomic E-state index is 12.7. The van der Waals surface area contributed by atoms with Crippen LogP contribution in [-0.2, 0) is 17.8 Å². The van der Waals surface area contributed by atoms with Gasteiger partial charge in [-0.05, 0) is 49.9 Å². The molecule has 0 saturated carbocycles. The molecule has 1 aliphatic rings. The molecule has 3 rings (SSSR count). The Kier molecular flexibility index (Phi) is 6.92. The van der Waals surface area contributed by atoms with Crippen LogP contribution in [0.5, 0.6) is 0 Å². The summed E-state index contributed by atoms with van der Waals surface area (Å²) in [6.45, 7) is 3.39. The summed E-state index contributed by atoms with van der Waals surface area (Å²) in [5, 5.41) is 2.98. The average molecular weight is 411 g/mol. The van der Waals surface area contributed by atoms with Crippen molar-refractivity contribution in [3.63, 3.8) is 0 Å². The van der Waals surface area contributed by atoms with Gasteiger partial charge in [-0.2, -0.15) is 0 Å². The Balaban J connectivity index is 1.61. The molecule has 7 nitrogen and oxygen atoms in total. The molecule has 2 amide bonds. The molecule has 2 aromatic rings. The van der Waals surface area contributed by atoms with Crippen molar-refractivity contribution >= 4 is 17.5 Å². The molecule has 0 unspecified atom stereocenters. The van der Waals surface area contributed by atoms with Gasteiger partial charge in [0, 0.05) is 51.2 Å². The van der Waals surface area contributed by atoms with Crippen molar-refractivity contribution < 1.29 is 9.59 Å². The molecule has 0 bridgehead atoms. The maximum atomic E-state index is 12.7. The van der Waals surface area contributed by atoms with Gasteiger partial charge in [0.2, 0.25) is 5.91 Å². The van der Waals surface area contributed by atoms with Gasteiger partial charge in [0.05, 0.1) is 5.56 Å². The average Bonchev–Trinajstić information content (AvgIpc) is 3.25. The number of anilines is 1. The maximum Gasteiger partial charge on any atom is 0.252 e. The number of pyridine rings is 1. The first-order valence-electron chi connectivity index (χ1n) is 10.4. The van der Waals surface area contributed by atoms with Gasteiger partial charge in [0.25, 0.3) is 11.5 Å². The normalized spacial score (nSPS) is 14.4. The van der Waals surface area contributed by atoms with E-state index in [1.807, 2.05) is 25.9 Å². The largest absolute Gasteiger partial charge is 0.378 e. The third-order valence-corrected chi connectivity index (χ3v) is 5.38. The number of hydrogen-bond acceptors (Lipinski definition) is 4. The van der Waals surface area contributed by atoms with Crippen LogP contribution in [-0.4, -0.2) is 54.5 Å². The first-order valence-corrected chi connectivity index (χ1v) is 10.4. The van der Waals surface area contributed by atoms with Crippen LogP contribution in [0.15, 0.2) is 47.4 Å². The highest BCUT2D eigenvalue weighted by Crippen LogP contribution is 2.14. The predicted molar refractivity (Wildman–Crippen MR) is 118 cm³/mol. The predicted octanol–water partition coefficient (Wildman–Crippen LogP) is 1.90. The van der Waals surface area contributed by atoms with E-state index in [-0.39, 0.29) is 30.0 Å². The number of likely N-dealkylation sites (tertiary alicyclic amines) is 1. The molecule has 30 heavy (non-hydrogen) atoms. The van der Waals surface area contributed by atoms with E-state index in [0.717, 1.165) is 37.2 Å². The molecule has 0 radical (unpaired) electrons. The number of rotatable bonds is 7. The van der Waals surface area contributed by atoms with Gasteiger partial charge in [-0.15, -0.1) is 0 Å². The zero-order valence-electron chi connectivity index (χ0n) is 17.9. The van der Waals surface area contributed by atoms with E-state index in [9.17, 15) is 14.4 Å². The van der Waals surface area contributed by atoms with Gasteiger partial charge in [-0.3, -0.25) is 14.4 Å². The Morgan fingerprint density at radius 3 is 2.37 bits per heavy atom. The molecule has 1 aromatic carbocycles. The van der Waals surface area contributed by atoms with Crippen LogP contribution in [0.4, 0.5) is 5.69 Å². The molecule has 7 heteroatoms. The molecule has 1 N–H and O–H groups in total. The van der Waals surface area contributed by atoms with E-state index in [2.05, 4.69) is 29.6 Å². The minimum Gasteiger partial charge on any atom is -0.378 e. The van der Waals surface area contributed by atoms with E-state index in [0.29, 0.717) is 12.0 Å². The Morgan fingerprint density at radius 1 is 1.07 bits per heavy atom. The number of aromatic nitrogens is 1. The first kappa shape index (κ1) is 21.6. The fraction of sp³-hybridized carbons (Fsp3) is 0.435. The van der Waals surface area contributed by atoms with Crippen LogP contribution in [0.3, 0.4) is 0 Å². The van der Waals surface area contributed by atoms with Crippen LogP contribution in [0.2, 0.25) is 0 Å². The lowest BCUT2D eigenvalue weighted by Gasteiger charge is -2.17. The number of carbonyl (C=O) groups excluding carboxylic acids is 2. The molecular formula is C23H30N4O3. The highest BCUT2D eigenvalue weighted by Gasteiger charge is 2.19. The number of benzene rings is 1. The van der Waals surface area contributed by atoms with Crippen LogP contribution < -0.4 is 15.8 Å². The number of hydrogen-bond donors (Lipinski definition) is 1. The molecule has 1 fully saturated rings. The van der Waals surface area contributed by atoms with Gasteiger partial charge >= 0.3 is 0 Å². The van der Waals surface area contributed by atoms with Crippen molar-refractivity contribution in [2.24, 2.45) is 0 Å². The molecule has 160 valence electrons. The lowest BCUT2D eigenvalue weighted by molar-refractivity contribution is -0.130. The van der Waals surface area contributed by atoms with Gasteiger partial charge in [0.1, 0.15) is 6.54 Å². The Hall–Kier alpha value is -3.09. The summed E-state index contributed by atoms with van der Waals surface area (Å²) in [6, 6.07) is 11.0. The lowest BCUT2D eigenvalue weighted by atomic mass is 10.1. The van der Waals surface area contributed by atoms with Crippen molar-refractivity contribution in [3.8, 4) is 0 Å². The fourth-order valence-electron chi connectivity index (χ4n) is 3.64. The summed E-state index contributed by atoms with van der Waals surface area (Å²) in [7, 11) is 3.99. The van der Waals surface area contributed by atoms with Crippen molar-refractivity contribution in [1.82, 2.24) is 14.8 Å². The molecule has 0 aliphatic carbocycles. The number of amides is 2. The van der Waals surface area contributed by atoms with Crippen LogP contribution in [0.25, 0.3) is 0 Å². The summed E-state index contributed by atoms with van der Waals surface area (Å²) < 4.78 is 1.32. The van der Waals surface area contributed by atoms with Crippen molar-refractivity contribution in [3.05, 3.63) is 64.1 Å². The first-order chi connectivity index (χ1) is 14.3. The minimum atomic E-state index is -0.284. The highest BCUT2D eigenvalue weighted by atomic mass is 16.2. The van der Waals surface area contributed by atoms with E-state index in [1.165, 1.54) is 22.9 Å². The van der Waals surface area contributed by atoms with Crippen molar-refractivity contribution in [1.29, 1.82) is 0 Å². The van der Waals surface area contributed by atoms with Gasteiger partial charge < -0.3 is 19.7 Å². The van der Waals surface area contributed by atoms with Gasteiger partial charge in [-0.25, -0.2) is 0 Å². The third kappa shape index (κ3) is 5.49. The Morgan fingerprint density at radius 2 is 1.73 bits per heavy atom. The lowest BCUT2D eigenvalue weighted by Crippen LogP contribution is -2.36. The molecule has 0 spiro atoms. The van der Waals surface area contributed by atoms with E-state index < -0.39 is 0 Å². The summed E-state index contributed by atoms with van der Waals surface area (Å²) in [5.41, 5.74) is 2.35. The SMILES string of the molecule is C[C@@H](Cc1ccc(N(C)C)cc1)NC(=O)c1ccc(=O)n(CC(=O)N2CCCC2)c1. The molecule has 2 heterocycles. The minimum absolute atomic E-state index is 0.0340. The summed E-state index contributed by atoms with van der Waals surface area (Å²) in [5.74, 6) is -0.337. The second-order valence-corrected chi connectivity index (χ2v) is 8.11. The van der Waals surface area contributed by atoms with Crippen molar-refractivity contribution in [2.45, 2.75) is 38.8 Å². The van der Waals surface area contributed by atoms with E-state index >= 15 is 0 Å². The number of nitrogens with zero attached hydrogens (tertiary/aromatic N) is 3. The second kappa shape index (κ2) is 9.61. The number of carbonyl (C=O) groups is 2. The zero-order valence-corrected chi connectivity index (χ0v) is 17.9. The van der Waals surface area contributed by atoms with E-state index in [1.54, 1.807) is 4.90 Å². The summed E-state index contributed by atoms with van der Waals surface area (Å²) in [6.07, 6.45) is 4.18. The van der Waals surface area contributed by atoms with Crippen LogP contribution in [0.1, 0.15) is 35.7 Å². The van der Waals surface area contributed by atoms with Crippen LogP contribution in [0, 0.1) is 0 Å². The monoisotopic (exact) mass is 410 g/mol. The molecule has 1 saturated heterocycles. The number of nitrogens with one attached hydrogen (secondary N) is 1. The van der Waals surface area contributed by atoms with Crippen LogP contribution >= 0.6 is 0 Å². The molecule has 1 aromatic heterocycles. The fourth-order valence-corrected chi connectivity index (χ4v) is 3.64. The van der Waals surface area contributed by atoms with Gasteiger partial charge in [0.15, 0.2) is 0 Å². The standard InChI is InChI=1S/C23H30N4O3/c1-17(14-18-6-9-20(10-7-18)25(2)3)24-23(30)19-8-11-21(28)27(15-19)16-22(29)26-12-4-5-13-26/h6-11,15,17H,4-5,12-14,16H2,1-3H3,(H,24,30)/t17-/m0/s1. The van der Waals surface area contributed by atoms with Crippen molar-refractivity contribution in [2.75, 3.05) is 32.1 Å². The topological polar surface area (TPSA) is 74.6 Å². The second-order valence-electron chi connectivity index (χ2n) is 8.11. The zero-order chi connectivity index (χ0) is 21.7. The smallest absolute Gasteiger partial charge is 0.252 e. The molecule has 1 aliphatic heterocycles. The Labute approximate surface area is 177 Å².